The van der Waals surface area contributed by atoms with Gasteiger partial charge in [0.2, 0.25) is 5.91 Å². The lowest BCUT2D eigenvalue weighted by molar-refractivity contribution is -0.116. The molecule has 184 valence electrons. The van der Waals surface area contributed by atoms with Crippen molar-refractivity contribution in [1.29, 1.82) is 0 Å². The monoisotopic (exact) mass is 483 g/mol. The van der Waals surface area contributed by atoms with Gasteiger partial charge in [-0.25, -0.2) is 4.98 Å². The van der Waals surface area contributed by atoms with Crippen molar-refractivity contribution in [3.8, 4) is 5.75 Å². The molecule has 2 saturated carbocycles. The molecule has 7 heteroatoms. The van der Waals surface area contributed by atoms with Gasteiger partial charge >= 0.3 is 0 Å². The zero-order valence-corrected chi connectivity index (χ0v) is 21.0. The fourth-order valence-corrected chi connectivity index (χ4v) is 8.52. The molecule has 3 aliphatic rings. The molecule has 0 radical (unpaired) electrons. The number of aromatic hydroxyl groups is 1. The van der Waals surface area contributed by atoms with Gasteiger partial charge in [-0.15, -0.1) is 11.3 Å². The summed E-state index contributed by atoms with van der Waals surface area (Å²) in [6.07, 6.45) is 8.38. The van der Waals surface area contributed by atoms with Gasteiger partial charge in [-0.2, -0.15) is 0 Å². The number of aryl methyl sites for hydroxylation is 2. The van der Waals surface area contributed by atoms with Gasteiger partial charge in [-0.3, -0.25) is 4.79 Å². The lowest BCUT2D eigenvalue weighted by atomic mass is 9.52. The van der Waals surface area contributed by atoms with Crippen LogP contribution in [0.3, 0.4) is 0 Å². The third-order valence-electron chi connectivity index (χ3n) is 9.30. The molecule has 0 aliphatic heterocycles. The summed E-state index contributed by atoms with van der Waals surface area (Å²) in [5.74, 6) is 1.93. The van der Waals surface area contributed by atoms with E-state index in [0.717, 1.165) is 43.4 Å². The first-order valence-corrected chi connectivity index (χ1v) is 13.5. The number of rotatable bonds is 6. The maximum absolute atomic E-state index is 12.7. The number of aliphatic hydroxyl groups is 1. The van der Waals surface area contributed by atoms with E-state index in [4.69, 9.17) is 5.73 Å². The summed E-state index contributed by atoms with van der Waals surface area (Å²) in [6.45, 7) is 4.74. The Kier molecular flexibility index (Phi) is 6.23. The molecule has 1 aromatic heterocycles. The van der Waals surface area contributed by atoms with Crippen LogP contribution in [0.4, 0.5) is 5.13 Å². The van der Waals surface area contributed by atoms with Crippen molar-refractivity contribution in [1.82, 2.24) is 4.98 Å². The number of phenolic OH excluding ortho intramolecular Hbond substituents is 1. The van der Waals surface area contributed by atoms with E-state index in [1.807, 2.05) is 19.1 Å². The topological polar surface area (TPSA) is 108 Å². The minimum atomic E-state index is -0.778. The summed E-state index contributed by atoms with van der Waals surface area (Å²) < 4.78 is 0. The SMILES string of the molecule is Cc1cnc(NC(=O)CC[C@@H]2C[C@@](O)(CCN)[C@@]3(C)CCC4c5ccc(O)cc5CCC4C23)s1. The number of carbonyl (C=O) groups excluding carboxylic acids is 1. The van der Waals surface area contributed by atoms with Gasteiger partial charge < -0.3 is 21.3 Å². The molecule has 0 spiro atoms. The standard InChI is InChI=1S/C27H37N3O3S/c1-16-15-29-25(34-16)30-23(32)8-4-18-14-27(33,11-12-28)26(2)10-9-21-20-7-5-19(31)13-17(20)3-6-22(21)24(18)26/h5,7,13,15,18,21-22,24,31,33H,3-4,6,8-12,14,28H2,1-2H3,(H,29,30,32)/t18-,21?,22?,24?,26+,27+/m1/s1. The smallest absolute Gasteiger partial charge is 0.226 e. The number of hydrogen-bond acceptors (Lipinski definition) is 6. The molecule has 0 saturated heterocycles. The van der Waals surface area contributed by atoms with Gasteiger partial charge in [0, 0.05) is 17.5 Å². The Labute approximate surface area is 206 Å². The normalized spacial score (nSPS) is 34.2. The molecule has 6 atom stereocenters. The number of aromatic nitrogens is 1. The molecule has 2 aromatic rings. The maximum atomic E-state index is 12.7. The van der Waals surface area contributed by atoms with E-state index >= 15 is 0 Å². The fourth-order valence-electron chi connectivity index (χ4n) is 7.84. The highest BCUT2D eigenvalue weighted by Crippen LogP contribution is 2.67. The molecule has 5 N–H and O–H groups in total. The summed E-state index contributed by atoms with van der Waals surface area (Å²) in [7, 11) is 0. The largest absolute Gasteiger partial charge is 0.508 e. The summed E-state index contributed by atoms with van der Waals surface area (Å²) in [4.78, 5) is 18.1. The quantitative estimate of drug-likeness (QED) is 0.475. The number of fused-ring (bicyclic) bond motifs is 5. The molecule has 3 aliphatic carbocycles. The maximum Gasteiger partial charge on any atom is 0.226 e. The molecular weight excluding hydrogens is 446 g/mol. The van der Waals surface area contributed by atoms with Crippen LogP contribution in [0.1, 0.15) is 73.8 Å². The van der Waals surface area contributed by atoms with Crippen LogP contribution in [0.5, 0.6) is 5.75 Å². The molecular formula is C27H37N3O3S. The third kappa shape index (κ3) is 3.95. The van der Waals surface area contributed by atoms with Crippen LogP contribution in [0.2, 0.25) is 0 Å². The zero-order chi connectivity index (χ0) is 24.1. The number of benzene rings is 1. The molecule has 1 heterocycles. The molecule has 1 amide bonds. The van der Waals surface area contributed by atoms with Gasteiger partial charge in [0.15, 0.2) is 5.13 Å². The van der Waals surface area contributed by atoms with E-state index in [0.29, 0.717) is 48.0 Å². The van der Waals surface area contributed by atoms with Crippen molar-refractivity contribution in [3.63, 3.8) is 0 Å². The average Bonchev–Trinajstić information content (AvgIpc) is 3.30. The highest BCUT2D eigenvalue weighted by atomic mass is 32.1. The molecule has 1 aromatic carbocycles. The van der Waals surface area contributed by atoms with E-state index in [1.165, 1.54) is 22.5 Å². The van der Waals surface area contributed by atoms with Crippen molar-refractivity contribution in [2.75, 3.05) is 11.9 Å². The highest BCUT2D eigenvalue weighted by Gasteiger charge is 2.64. The van der Waals surface area contributed by atoms with Gasteiger partial charge in [0.1, 0.15) is 5.75 Å². The Morgan fingerprint density at radius 1 is 1.35 bits per heavy atom. The molecule has 3 unspecified atom stereocenters. The van der Waals surface area contributed by atoms with Crippen molar-refractivity contribution in [3.05, 3.63) is 40.4 Å². The van der Waals surface area contributed by atoms with Crippen molar-refractivity contribution < 1.29 is 15.0 Å². The van der Waals surface area contributed by atoms with Gasteiger partial charge in [0.25, 0.3) is 0 Å². The minimum absolute atomic E-state index is 0.00198. The Morgan fingerprint density at radius 3 is 2.91 bits per heavy atom. The Morgan fingerprint density at radius 2 is 2.18 bits per heavy atom. The number of nitrogens with zero attached hydrogens (tertiary/aromatic N) is 1. The summed E-state index contributed by atoms with van der Waals surface area (Å²) in [5, 5.41) is 25.5. The predicted octanol–water partition coefficient (Wildman–Crippen LogP) is 4.74. The first kappa shape index (κ1) is 23.8. The Balaban J connectivity index is 1.39. The lowest BCUT2D eigenvalue weighted by Gasteiger charge is -2.54. The number of amides is 1. The number of anilines is 1. The van der Waals surface area contributed by atoms with Crippen LogP contribution in [0, 0.1) is 30.1 Å². The number of nitrogens with one attached hydrogen (secondary N) is 1. The van der Waals surface area contributed by atoms with E-state index in [-0.39, 0.29) is 17.2 Å². The molecule has 2 fully saturated rings. The van der Waals surface area contributed by atoms with Crippen LogP contribution in [0.25, 0.3) is 0 Å². The van der Waals surface area contributed by atoms with Crippen LogP contribution < -0.4 is 11.1 Å². The van der Waals surface area contributed by atoms with Crippen molar-refractivity contribution >= 4 is 22.4 Å². The average molecular weight is 484 g/mol. The Bertz CT molecular complexity index is 1070. The predicted molar refractivity (Wildman–Crippen MR) is 135 cm³/mol. The number of phenols is 1. The van der Waals surface area contributed by atoms with Gasteiger partial charge in [-0.05, 0) is 111 Å². The summed E-state index contributed by atoms with van der Waals surface area (Å²) in [6, 6.07) is 5.86. The Hall–Kier alpha value is -1.96. The number of carbonyl (C=O) groups is 1. The summed E-state index contributed by atoms with van der Waals surface area (Å²) >= 11 is 1.49. The van der Waals surface area contributed by atoms with Gasteiger partial charge in [-0.1, -0.05) is 13.0 Å². The third-order valence-corrected chi connectivity index (χ3v) is 10.1. The lowest BCUT2D eigenvalue weighted by Crippen LogP contribution is -2.52. The molecule has 34 heavy (non-hydrogen) atoms. The second kappa shape index (κ2) is 8.92. The number of thiazole rings is 1. The second-order valence-corrected chi connectivity index (χ2v) is 12.3. The van der Waals surface area contributed by atoms with Crippen LogP contribution in [-0.2, 0) is 11.2 Å². The van der Waals surface area contributed by atoms with Crippen LogP contribution >= 0.6 is 11.3 Å². The first-order valence-electron chi connectivity index (χ1n) is 12.7. The van der Waals surface area contributed by atoms with Crippen molar-refractivity contribution in [2.45, 2.75) is 76.7 Å². The summed E-state index contributed by atoms with van der Waals surface area (Å²) in [5.41, 5.74) is 7.67. The van der Waals surface area contributed by atoms with E-state index in [1.54, 1.807) is 6.20 Å². The second-order valence-electron chi connectivity index (χ2n) is 11.1. The first-order chi connectivity index (χ1) is 16.2. The number of hydrogen-bond donors (Lipinski definition) is 4. The fraction of sp³-hybridized carbons (Fsp3) is 0.630. The van der Waals surface area contributed by atoms with Crippen LogP contribution in [0.15, 0.2) is 24.4 Å². The van der Waals surface area contributed by atoms with E-state index in [2.05, 4.69) is 23.3 Å². The molecule has 5 rings (SSSR count). The number of nitrogens with two attached hydrogens (primary N) is 1. The van der Waals surface area contributed by atoms with Gasteiger partial charge in [0.05, 0.1) is 5.60 Å². The molecule has 0 bridgehead atoms. The van der Waals surface area contributed by atoms with E-state index in [9.17, 15) is 15.0 Å². The minimum Gasteiger partial charge on any atom is -0.508 e. The highest BCUT2D eigenvalue weighted by molar-refractivity contribution is 7.15. The van der Waals surface area contributed by atoms with E-state index < -0.39 is 5.60 Å². The zero-order valence-electron chi connectivity index (χ0n) is 20.2. The molecule has 6 nitrogen and oxygen atoms in total. The van der Waals surface area contributed by atoms with Crippen molar-refractivity contribution in [2.24, 2.45) is 28.9 Å². The van der Waals surface area contributed by atoms with Crippen LogP contribution in [-0.4, -0.2) is 33.3 Å².